The Labute approximate surface area is 242 Å². The van der Waals surface area contributed by atoms with Crippen LogP contribution < -0.4 is 4.90 Å². The van der Waals surface area contributed by atoms with Crippen LogP contribution in [0.4, 0.5) is 11.4 Å². The van der Waals surface area contributed by atoms with Gasteiger partial charge < -0.3 is 14.0 Å². The Balaban J connectivity index is 1.85. The van der Waals surface area contributed by atoms with Gasteiger partial charge in [-0.15, -0.1) is 4.33 Å². The first-order valence-corrected chi connectivity index (χ1v) is 16.0. The third kappa shape index (κ3) is 7.23. The van der Waals surface area contributed by atoms with Crippen LogP contribution in [0.15, 0.2) is 93.3 Å². The van der Waals surface area contributed by atoms with Gasteiger partial charge in [-0.2, -0.15) is 0 Å². The highest BCUT2D eigenvalue weighted by atomic mass is 32.2. The van der Waals surface area contributed by atoms with Crippen molar-refractivity contribution in [1.82, 2.24) is 0 Å². The molecule has 1 heterocycles. The number of anilines is 1. The predicted molar refractivity (Wildman–Crippen MR) is 154 cm³/mol. The summed E-state index contributed by atoms with van der Waals surface area (Å²) >= 11 is 0.531. The first-order chi connectivity index (χ1) is 19.3. The molecule has 4 rings (SSSR count). The van der Waals surface area contributed by atoms with Gasteiger partial charge in [0.1, 0.15) is 10.1 Å². The molecule has 14 heteroatoms. The van der Waals surface area contributed by atoms with E-state index in [-0.39, 0.29) is 17.9 Å². The van der Waals surface area contributed by atoms with E-state index < -0.39 is 36.3 Å². The standard InChI is InChI=1S/C27H28N2O9S3/c1-27(2)25(11-6-7-14-28-19-9-4-3-5-10-19)29(15-8-16-40(31,32)33)23-13-12-21-22(26(23)27)17-20(41(34,35)36)18-24(21)39-38-37-30/h3-7,9-14,17-18,30H,8,15-16H2,1-2H3,(H,31,32,33)(H,34,35,36)/p-2. The van der Waals surface area contributed by atoms with Crippen molar-refractivity contribution < 1.29 is 40.6 Å². The molecule has 0 spiro atoms. The molecule has 41 heavy (non-hydrogen) atoms. The van der Waals surface area contributed by atoms with Crippen molar-refractivity contribution in [2.45, 2.75) is 35.5 Å². The second kappa shape index (κ2) is 12.4. The molecule has 218 valence electrons. The number of allylic oxidation sites excluding steroid dienone is 4. The molecule has 1 aliphatic heterocycles. The van der Waals surface area contributed by atoms with E-state index in [1.165, 1.54) is 6.07 Å². The smallest absolute Gasteiger partial charge is 0.124 e. The number of para-hydroxylation sites is 1. The van der Waals surface area contributed by atoms with E-state index in [0.29, 0.717) is 34.1 Å². The van der Waals surface area contributed by atoms with Crippen molar-refractivity contribution in [3.05, 3.63) is 84.1 Å². The monoisotopic (exact) mass is 618 g/mol. The number of benzene rings is 3. The van der Waals surface area contributed by atoms with Crippen LogP contribution in [-0.4, -0.2) is 49.7 Å². The van der Waals surface area contributed by atoms with Crippen LogP contribution in [0.1, 0.15) is 25.8 Å². The van der Waals surface area contributed by atoms with Crippen LogP contribution in [0, 0.1) is 0 Å². The third-order valence-electron chi connectivity index (χ3n) is 6.55. The van der Waals surface area contributed by atoms with E-state index in [9.17, 15) is 25.9 Å². The van der Waals surface area contributed by atoms with Crippen LogP contribution >= 0.6 is 12.0 Å². The van der Waals surface area contributed by atoms with Crippen LogP contribution in [0.2, 0.25) is 0 Å². The molecule has 0 bridgehead atoms. The molecule has 0 saturated carbocycles. The molecule has 1 aliphatic rings. The second-order valence-corrected chi connectivity index (χ2v) is 13.2. The van der Waals surface area contributed by atoms with E-state index in [4.69, 9.17) is 5.26 Å². The van der Waals surface area contributed by atoms with Gasteiger partial charge in [0.25, 0.3) is 0 Å². The van der Waals surface area contributed by atoms with Crippen LogP contribution in [-0.2, 0) is 35.0 Å². The van der Waals surface area contributed by atoms with Crippen molar-refractivity contribution in [2.75, 3.05) is 17.2 Å². The Hall–Kier alpha value is -3.08. The fraction of sp³-hybridized carbons (Fsp3) is 0.222. The van der Waals surface area contributed by atoms with Crippen molar-refractivity contribution in [3.63, 3.8) is 0 Å². The van der Waals surface area contributed by atoms with E-state index in [2.05, 4.69) is 14.4 Å². The molecule has 0 saturated heterocycles. The Morgan fingerprint density at radius 2 is 1.76 bits per heavy atom. The summed E-state index contributed by atoms with van der Waals surface area (Å²) < 4.78 is 74.5. The summed E-state index contributed by atoms with van der Waals surface area (Å²) in [7, 11) is -9.31. The number of hydrogen-bond donors (Lipinski definition) is 1. The minimum absolute atomic E-state index is 0.0493. The maximum absolute atomic E-state index is 12.0. The summed E-state index contributed by atoms with van der Waals surface area (Å²) in [5, 5.41) is 13.3. The zero-order valence-corrected chi connectivity index (χ0v) is 24.4. The van der Waals surface area contributed by atoms with E-state index in [0.717, 1.165) is 17.5 Å². The van der Waals surface area contributed by atoms with Crippen molar-refractivity contribution in [3.8, 4) is 0 Å². The molecule has 0 fully saturated rings. The lowest BCUT2D eigenvalue weighted by Gasteiger charge is -2.27. The normalized spacial score (nSPS) is 16.4. The summed E-state index contributed by atoms with van der Waals surface area (Å²) in [5.74, 6) is -0.558. The van der Waals surface area contributed by atoms with Gasteiger partial charge in [-0.05, 0) is 65.2 Å². The topological polar surface area (TPSA) is 169 Å². The predicted octanol–water partition coefficient (Wildman–Crippen LogP) is 5.05. The zero-order chi connectivity index (χ0) is 29.8. The van der Waals surface area contributed by atoms with Gasteiger partial charge in [0.05, 0.1) is 32.7 Å². The summed E-state index contributed by atoms with van der Waals surface area (Å²) in [6.45, 7) is 4.00. The molecule has 0 atom stereocenters. The zero-order valence-electron chi connectivity index (χ0n) is 22.0. The highest BCUT2D eigenvalue weighted by Gasteiger charge is 2.41. The van der Waals surface area contributed by atoms with Gasteiger partial charge in [0, 0.05) is 40.2 Å². The van der Waals surface area contributed by atoms with Gasteiger partial charge in [-0.25, -0.2) is 22.1 Å². The van der Waals surface area contributed by atoms with Crippen molar-refractivity contribution in [2.24, 2.45) is 4.99 Å². The minimum Gasteiger partial charge on any atom is -0.748 e. The Morgan fingerprint density at radius 1 is 1.02 bits per heavy atom. The molecule has 0 unspecified atom stereocenters. The fourth-order valence-corrected chi connectivity index (χ4v) is 6.51. The first-order valence-electron chi connectivity index (χ1n) is 12.2. The van der Waals surface area contributed by atoms with Crippen molar-refractivity contribution >= 4 is 60.6 Å². The van der Waals surface area contributed by atoms with Gasteiger partial charge in [0.2, 0.25) is 0 Å². The molecule has 0 aliphatic carbocycles. The average molecular weight is 619 g/mol. The molecule has 3 aromatic carbocycles. The molecule has 3 aromatic rings. The SMILES string of the molecule is CC1(C)C(=CC=CC=Nc2ccccc2)N(CCCS(=O)(=O)[O-])c2ccc3c(SOOO)cc(S(=O)(=O)[O-])cc3c21. The molecule has 11 nitrogen and oxygen atoms in total. The molecular formula is C27H26N2O9S3-2. The number of nitrogens with zero attached hydrogens (tertiary/aromatic N) is 2. The van der Waals surface area contributed by atoms with E-state index >= 15 is 0 Å². The average Bonchev–Trinajstić information content (AvgIpc) is 3.12. The highest BCUT2D eigenvalue weighted by Crippen LogP contribution is 2.52. The lowest BCUT2D eigenvalue weighted by atomic mass is 9.81. The Morgan fingerprint density at radius 3 is 2.41 bits per heavy atom. The first kappa shape index (κ1) is 30.9. The van der Waals surface area contributed by atoms with Crippen molar-refractivity contribution in [1.29, 1.82) is 0 Å². The number of fused-ring (bicyclic) bond motifs is 3. The molecular weight excluding hydrogens is 593 g/mol. The number of aliphatic imine (C=N–C) groups is 1. The number of rotatable bonds is 11. The molecule has 1 N–H and O–H groups in total. The van der Waals surface area contributed by atoms with E-state index in [1.807, 2.05) is 55.2 Å². The van der Waals surface area contributed by atoms with Gasteiger partial charge in [0.15, 0.2) is 0 Å². The Bertz CT molecular complexity index is 1730. The summed E-state index contributed by atoms with van der Waals surface area (Å²) in [4.78, 5) is 5.95. The van der Waals surface area contributed by atoms with Gasteiger partial charge in [-0.3, -0.25) is 4.99 Å². The van der Waals surface area contributed by atoms with Crippen LogP contribution in [0.5, 0.6) is 0 Å². The maximum Gasteiger partial charge on any atom is 0.124 e. The minimum atomic E-state index is -4.88. The largest absolute Gasteiger partial charge is 0.748 e. The lowest BCUT2D eigenvalue weighted by molar-refractivity contribution is -0.432. The van der Waals surface area contributed by atoms with E-state index in [1.54, 1.807) is 30.5 Å². The summed E-state index contributed by atoms with van der Waals surface area (Å²) in [6, 6.07) is 15.2. The molecule has 0 amide bonds. The van der Waals surface area contributed by atoms with Gasteiger partial charge in [-0.1, -0.05) is 49.2 Å². The summed E-state index contributed by atoms with van der Waals surface area (Å²) in [5.41, 5.74) is 2.08. The fourth-order valence-electron chi connectivity index (χ4n) is 4.88. The maximum atomic E-state index is 12.0. The molecule has 0 radical (unpaired) electrons. The lowest BCUT2D eigenvalue weighted by Crippen LogP contribution is -2.28. The Kier molecular flexibility index (Phi) is 9.35. The quantitative estimate of drug-likeness (QED) is 0.100. The third-order valence-corrected chi connectivity index (χ3v) is 8.79. The molecule has 0 aromatic heterocycles. The highest BCUT2D eigenvalue weighted by molar-refractivity contribution is 7.94. The number of hydrogen-bond acceptors (Lipinski definition) is 12. The van der Waals surface area contributed by atoms with Gasteiger partial charge >= 0.3 is 0 Å². The summed E-state index contributed by atoms with van der Waals surface area (Å²) in [6.07, 6.45) is 7.02. The second-order valence-electron chi connectivity index (χ2n) is 9.60. The van der Waals surface area contributed by atoms with Crippen LogP contribution in [0.3, 0.4) is 0 Å². The van der Waals surface area contributed by atoms with Crippen LogP contribution in [0.25, 0.3) is 10.8 Å².